The third-order valence-corrected chi connectivity index (χ3v) is 3.92. The van der Waals surface area contributed by atoms with Crippen LogP contribution in [-0.2, 0) is 9.59 Å². The molecule has 1 aliphatic heterocycles. The maximum atomic E-state index is 11.9. The van der Waals surface area contributed by atoms with Crippen molar-refractivity contribution in [1.82, 2.24) is 15.2 Å². The molecule has 1 fully saturated rings. The number of carboxylic acid groups (broad SMARTS) is 1. The molecule has 1 aromatic carbocycles. The number of amides is 1. The second kappa shape index (κ2) is 5.16. The first-order chi connectivity index (χ1) is 10.1. The standard InChI is InChI=1S/C14H15N3O4/c1-8-2-5-12(17(7-8)13(18)14(19)20)9-3-4-10-11(6-9)16-21-15-10/h3-4,6,8,12H,2,5,7H2,1H3,(H,19,20). The highest BCUT2D eigenvalue weighted by Crippen LogP contribution is 2.34. The lowest BCUT2D eigenvalue weighted by Crippen LogP contribution is -2.44. The largest absolute Gasteiger partial charge is 0.474 e. The normalized spacial score (nSPS) is 22.4. The van der Waals surface area contributed by atoms with Gasteiger partial charge in [-0.3, -0.25) is 4.79 Å². The third kappa shape index (κ3) is 2.46. The highest BCUT2D eigenvalue weighted by atomic mass is 16.6. The van der Waals surface area contributed by atoms with Gasteiger partial charge in [-0.05, 0) is 46.8 Å². The van der Waals surface area contributed by atoms with Gasteiger partial charge in [0.2, 0.25) is 0 Å². The first-order valence-electron chi connectivity index (χ1n) is 6.82. The molecule has 1 saturated heterocycles. The van der Waals surface area contributed by atoms with Crippen molar-refractivity contribution in [3.63, 3.8) is 0 Å². The summed E-state index contributed by atoms with van der Waals surface area (Å²) in [4.78, 5) is 24.4. The highest BCUT2D eigenvalue weighted by Gasteiger charge is 2.34. The van der Waals surface area contributed by atoms with Gasteiger partial charge >= 0.3 is 11.9 Å². The van der Waals surface area contributed by atoms with Crippen LogP contribution in [0.1, 0.15) is 31.4 Å². The molecule has 1 aliphatic rings. The van der Waals surface area contributed by atoms with Crippen molar-refractivity contribution in [2.75, 3.05) is 6.54 Å². The summed E-state index contributed by atoms with van der Waals surface area (Å²) in [7, 11) is 0. The summed E-state index contributed by atoms with van der Waals surface area (Å²) >= 11 is 0. The Morgan fingerprint density at radius 3 is 2.81 bits per heavy atom. The molecule has 0 aliphatic carbocycles. The van der Waals surface area contributed by atoms with E-state index in [1.54, 1.807) is 12.1 Å². The van der Waals surface area contributed by atoms with Crippen LogP contribution in [0.2, 0.25) is 0 Å². The first kappa shape index (κ1) is 13.5. The van der Waals surface area contributed by atoms with Crippen LogP contribution < -0.4 is 0 Å². The summed E-state index contributed by atoms with van der Waals surface area (Å²) in [5, 5.41) is 16.5. The molecule has 1 aromatic heterocycles. The smallest absolute Gasteiger partial charge is 0.394 e. The minimum Gasteiger partial charge on any atom is -0.474 e. The quantitative estimate of drug-likeness (QED) is 0.801. The fourth-order valence-electron chi connectivity index (χ4n) is 2.85. The van der Waals surface area contributed by atoms with Gasteiger partial charge in [-0.25, -0.2) is 9.42 Å². The van der Waals surface area contributed by atoms with E-state index in [2.05, 4.69) is 14.9 Å². The molecular weight excluding hydrogens is 274 g/mol. The average molecular weight is 289 g/mol. The summed E-state index contributed by atoms with van der Waals surface area (Å²) in [6.07, 6.45) is 1.68. The van der Waals surface area contributed by atoms with Crippen LogP contribution in [0.15, 0.2) is 22.8 Å². The zero-order valence-electron chi connectivity index (χ0n) is 11.5. The predicted molar refractivity (Wildman–Crippen MR) is 72.3 cm³/mol. The lowest BCUT2D eigenvalue weighted by molar-refractivity contribution is -0.158. The van der Waals surface area contributed by atoms with E-state index in [4.69, 9.17) is 5.11 Å². The molecule has 2 aromatic rings. The molecule has 7 heteroatoms. The van der Waals surface area contributed by atoms with Crippen LogP contribution in [0.25, 0.3) is 11.0 Å². The Kier molecular flexibility index (Phi) is 3.32. The number of carboxylic acids is 1. The van der Waals surface area contributed by atoms with Crippen LogP contribution in [-0.4, -0.2) is 38.7 Å². The number of carbonyl (C=O) groups is 2. The van der Waals surface area contributed by atoms with Crippen molar-refractivity contribution >= 4 is 22.9 Å². The molecule has 0 radical (unpaired) electrons. The van der Waals surface area contributed by atoms with E-state index in [1.165, 1.54) is 4.90 Å². The molecule has 0 saturated carbocycles. The Balaban J connectivity index is 1.96. The van der Waals surface area contributed by atoms with E-state index in [0.29, 0.717) is 23.5 Å². The first-order valence-corrected chi connectivity index (χ1v) is 6.82. The van der Waals surface area contributed by atoms with Crippen molar-refractivity contribution in [3.8, 4) is 0 Å². The van der Waals surface area contributed by atoms with E-state index in [0.717, 1.165) is 18.4 Å². The fourth-order valence-corrected chi connectivity index (χ4v) is 2.85. The van der Waals surface area contributed by atoms with E-state index < -0.39 is 11.9 Å². The summed E-state index contributed by atoms with van der Waals surface area (Å²) in [6, 6.07) is 5.16. The number of likely N-dealkylation sites (tertiary alicyclic amines) is 1. The van der Waals surface area contributed by atoms with Gasteiger partial charge in [0.15, 0.2) is 0 Å². The predicted octanol–water partition coefficient (Wildman–Crippen LogP) is 1.61. The number of piperidine rings is 1. The molecule has 2 atom stereocenters. The van der Waals surface area contributed by atoms with Gasteiger partial charge < -0.3 is 10.0 Å². The molecule has 2 unspecified atom stereocenters. The number of rotatable bonds is 1. The number of aliphatic carboxylic acids is 1. The van der Waals surface area contributed by atoms with Crippen molar-refractivity contribution in [2.24, 2.45) is 5.92 Å². The van der Waals surface area contributed by atoms with E-state index in [1.807, 2.05) is 13.0 Å². The topological polar surface area (TPSA) is 96.5 Å². The Morgan fingerprint density at radius 1 is 1.29 bits per heavy atom. The van der Waals surface area contributed by atoms with Crippen LogP contribution in [0.5, 0.6) is 0 Å². The monoisotopic (exact) mass is 289 g/mol. The van der Waals surface area contributed by atoms with Crippen LogP contribution in [0.4, 0.5) is 0 Å². The minimum absolute atomic E-state index is 0.245. The lowest BCUT2D eigenvalue weighted by Gasteiger charge is -2.38. The van der Waals surface area contributed by atoms with Crippen LogP contribution in [0.3, 0.4) is 0 Å². The lowest BCUT2D eigenvalue weighted by atomic mass is 9.89. The number of aromatic nitrogens is 2. The molecule has 3 rings (SSSR count). The molecular formula is C14H15N3O4. The van der Waals surface area contributed by atoms with Crippen molar-refractivity contribution < 1.29 is 19.3 Å². The molecule has 1 amide bonds. The number of carbonyl (C=O) groups excluding carboxylic acids is 1. The Bertz CT molecular complexity index is 696. The van der Waals surface area contributed by atoms with Crippen molar-refractivity contribution in [1.29, 1.82) is 0 Å². The van der Waals surface area contributed by atoms with E-state index in [9.17, 15) is 9.59 Å². The fraction of sp³-hybridized carbons (Fsp3) is 0.429. The molecule has 0 spiro atoms. The van der Waals surface area contributed by atoms with Crippen molar-refractivity contribution in [2.45, 2.75) is 25.8 Å². The zero-order valence-corrected chi connectivity index (χ0v) is 11.5. The number of hydrogen-bond donors (Lipinski definition) is 1. The third-order valence-electron chi connectivity index (χ3n) is 3.92. The highest BCUT2D eigenvalue weighted by molar-refractivity contribution is 6.31. The van der Waals surface area contributed by atoms with Crippen LogP contribution in [0, 0.1) is 5.92 Å². The maximum Gasteiger partial charge on any atom is 0.394 e. The zero-order chi connectivity index (χ0) is 15.0. The number of nitrogens with zero attached hydrogens (tertiary/aromatic N) is 3. The summed E-state index contributed by atoms with van der Waals surface area (Å²) in [6.45, 7) is 2.47. The summed E-state index contributed by atoms with van der Waals surface area (Å²) < 4.78 is 4.66. The van der Waals surface area contributed by atoms with Crippen molar-refractivity contribution in [3.05, 3.63) is 23.8 Å². The Morgan fingerprint density at radius 2 is 2.05 bits per heavy atom. The average Bonchev–Trinajstić information content (AvgIpc) is 2.93. The van der Waals surface area contributed by atoms with Gasteiger partial charge in [0.05, 0.1) is 6.04 Å². The van der Waals surface area contributed by atoms with Gasteiger partial charge in [0.25, 0.3) is 0 Å². The minimum atomic E-state index is -1.42. The number of fused-ring (bicyclic) bond motifs is 1. The number of hydrogen-bond acceptors (Lipinski definition) is 5. The second-order valence-corrected chi connectivity index (χ2v) is 5.47. The Labute approximate surface area is 120 Å². The van der Waals surface area contributed by atoms with Gasteiger partial charge in [-0.2, -0.15) is 0 Å². The van der Waals surface area contributed by atoms with Gasteiger partial charge in [0.1, 0.15) is 11.0 Å². The Hall–Kier alpha value is -2.44. The summed E-state index contributed by atoms with van der Waals surface area (Å²) in [5.41, 5.74) is 2.10. The molecule has 0 bridgehead atoms. The van der Waals surface area contributed by atoms with E-state index >= 15 is 0 Å². The van der Waals surface area contributed by atoms with Gasteiger partial charge in [0, 0.05) is 6.54 Å². The molecule has 110 valence electrons. The van der Waals surface area contributed by atoms with Gasteiger partial charge in [-0.1, -0.05) is 13.0 Å². The molecule has 7 nitrogen and oxygen atoms in total. The van der Waals surface area contributed by atoms with Crippen LogP contribution >= 0.6 is 0 Å². The van der Waals surface area contributed by atoms with E-state index in [-0.39, 0.29) is 6.04 Å². The SMILES string of the molecule is CC1CCC(c2ccc3nonc3c2)N(C(=O)C(=O)O)C1. The molecule has 1 N–H and O–H groups in total. The van der Waals surface area contributed by atoms with Gasteiger partial charge in [-0.15, -0.1) is 0 Å². The second-order valence-electron chi connectivity index (χ2n) is 5.47. The maximum absolute atomic E-state index is 11.9. The summed E-state index contributed by atoms with van der Waals surface area (Å²) in [5.74, 6) is -1.98. The molecule has 21 heavy (non-hydrogen) atoms. The molecule has 2 heterocycles. The number of benzene rings is 1.